The number of likely N-dealkylation sites (tertiary alicyclic amines) is 1. The van der Waals surface area contributed by atoms with Gasteiger partial charge in [0.05, 0.1) is 18.2 Å². The van der Waals surface area contributed by atoms with E-state index in [1.54, 1.807) is 42.5 Å². The molecule has 0 saturated carbocycles. The van der Waals surface area contributed by atoms with Crippen LogP contribution in [0.15, 0.2) is 97.1 Å². The quantitative estimate of drug-likeness (QED) is 0.159. The van der Waals surface area contributed by atoms with Crippen LogP contribution in [0.3, 0.4) is 0 Å². The number of aliphatic hydroxyl groups is 1. The summed E-state index contributed by atoms with van der Waals surface area (Å²) < 4.78 is 11.3. The van der Waals surface area contributed by atoms with Gasteiger partial charge in [0.1, 0.15) is 23.9 Å². The Morgan fingerprint density at radius 3 is 2.43 bits per heavy atom. The second kappa shape index (κ2) is 12.1. The molecule has 3 aromatic carbocycles. The van der Waals surface area contributed by atoms with Gasteiger partial charge < -0.3 is 19.5 Å². The number of amides is 1. The Morgan fingerprint density at radius 1 is 0.973 bits per heavy atom. The molecule has 37 heavy (non-hydrogen) atoms. The molecule has 1 aliphatic heterocycles. The van der Waals surface area contributed by atoms with E-state index >= 15 is 0 Å². The summed E-state index contributed by atoms with van der Waals surface area (Å²) in [5.74, 6) is -0.329. The largest absolute Gasteiger partial charge is 0.507 e. The van der Waals surface area contributed by atoms with E-state index in [4.69, 9.17) is 9.47 Å². The lowest BCUT2D eigenvalue weighted by Crippen LogP contribution is -2.31. The number of rotatable bonds is 11. The Labute approximate surface area is 217 Å². The van der Waals surface area contributed by atoms with Gasteiger partial charge in [0.25, 0.3) is 11.7 Å². The molecule has 4 rings (SSSR count). The van der Waals surface area contributed by atoms with E-state index in [9.17, 15) is 14.7 Å². The summed E-state index contributed by atoms with van der Waals surface area (Å²) in [6.45, 7) is 6.89. The highest BCUT2D eigenvalue weighted by Gasteiger charge is 2.45. The monoisotopic (exact) mass is 497 g/mol. The zero-order valence-corrected chi connectivity index (χ0v) is 20.9. The number of benzene rings is 3. The normalized spacial score (nSPS) is 16.6. The summed E-state index contributed by atoms with van der Waals surface area (Å²) in [5.41, 5.74) is 2.24. The first-order valence-electron chi connectivity index (χ1n) is 12.4. The van der Waals surface area contributed by atoms with Gasteiger partial charge in [0.2, 0.25) is 0 Å². The second-order valence-electron chi connectivity index (χ2n) is 8.77. The lowest BCUT2D eigenvalue weighted by molar-refractivity contribution is -0.139. The van der Waals surface area contributed by atoms with Gasteiger partial charge >= 0.3 is 0 Å². The summed E-state index contributed by atoms with van der Waals surface area (Å²) >= 11 is 0. The lowest BCUT2D eigenvalue weighted by atomic mass is 9.95. The number of hydrogen-bond donors (Lipinski definition) is 1. The van der Waals surface area contributed by atoms with Crippen LogP contribution in [0, 0.1) is 0 Å². The number of nitrogens with zero attached hydrogens (tertiary/aromatic N) is 1. The fourth-order valence-corrected chi connectivity index (χ4v) is 4.36. The average Bonchev–Trinajstić information content (AvgIpc) is 3.19. The molecule has 6 nitrogen and oxygen atoms in total. The maximum atomic E-state index is 13.3. The minimum Gasteiger partial charge on any atom is -0.507 e. The number of carbonyl (C=O) groups is 2. The van der Waals surface area contributed by atoms with Crippen LogP contribution in [-0.2, 0) is 16.0 Å². The van der Waals surface area contributed by atoms with Gasteiger partial charge in [-0.3, -0.25) is 9.59 Å². The van der Waals surface area contributed by atoms with Crippen LogP contribution < -0.4 is 9.47 Å². The van der Waals surface area contributed by atoms with Crippen molar-refractivity contribution in [1.29, 1.82) is 0 Å². The van der Waals surface area contributed by atoms with Crippen LogP contribution in [0.1, 0.15) is 36.1 Å². The molecule has 1 unspecified atom stereocenters. The van der Waals surface area contributed by atoms with Crippen LogP contribution in [0.2, 0.25) is 0 Å². The van der Waals surface area contributed by atoms with Crippen LogP contribution in [0.25, 0.3) is 5.76 Å². The van der Waals surface area contributed by atoms with Gasteiger partial charge in [-0.15, -0.1) is 0 Å². The molecular formula is C31H31NO5. The molecule has 1 N–H and O–H groups in total. The number of aliphatic hydroxyl groups excluding tert-OH is 1. The van der Waals surface area contributed by atoms with E-state index in [0.29, 0.717) is 48.8 Å². The summed E-state index contributed by atoms with van der Waals surface area (Å²) in [6.07, 6.45) is 3.07. The molecule has 0 spiro atoms. The van der Waals surface area contributed by atoms with Crippen LogP contribution in [0.4, 0.5) is 0 Å². The molecule has 1 atom stereocenters. The van der Waals surface area contributed by atoms with Crippen molar-refractivity contribution in [3.63, 3.8) is 0 Å². The van der Waals surface area contributed by atoms with Crippen molar-refractivity contribution in [1.82, 2.24) is 4.90 Å². The zero-order chi connectivity index (χ0) is 26.2. The smallest absolute Gasteiger partial charge is 0.295 e. The Morgan fingerprint density at radius 2 is 1.73 bits per heavy atom. The third kappa shape index (κ3) is 5.92. The zero-order valence-electron chi connectivity index (χ0n) is 20.9. The predicted molar refractivity (Wildman–Crippen MR) is 144 cm³/mol. The first-order chi connectivity index (χ1) is 18.0. The highest BCUT2D eigenvalue weighted by molar-refractivity contribution is 6.46. The molecular weight excluding hydrogens is 466 g/mol. The maximum absolute atomic E-state index is 13.3. The van der Waals surface area contributed by atoms with Crippen molar-refractivity contribution in [2.45, 2.75) is 25.8 Å². The molecule has 3 aromatic rings. The topological polar surface area (TPSA) is 76.1 Å². The Balaban J connectivity index is 1.74. The molecule has 1 saturated heterocycles. The van der Waals surface area contributed by atoms with Crippen molar-refractivity contribution in [3.8, 4) is 11.5 Å². The molecule has 0 aliphatic carbocycles. The van der Waals surface area contributed by atoms with Crippen molar-refractivity contribution >= 4 is 17.4 Å². The highest BCUT2D eigenvalue weighted by Crippen LogP contribution is 2.40. The first kappa shape index (κ1) is 25.8. The average molecular weight is 498 g/mol. The Hall–Kier alpha value is -4.32. The Kier molecular flexibility index (Phi) is 8.41. The maximum Gasteiger partial charge on any atom is 0.295 e. The number of ketones is 1. The Bertz CT molecular complexity index is 1280. The van der Waals surface area contributed by atoms with E-state index in [1.807, 2.05) is 49.4 Å². The third-order valence-electron chi connectivity index (χ3n) is 6.17. The van der Waals surface area contributed by atoms with Crippen molar-refractivity contribution in [2.24, 2.45) is 0 Å². The molecule has 1 amide bonds. The molecule has 0 radical (unpaired) electrons. The molecule has 0 bridgehead atoms. The minimum atomic E-state index is -0.739. The first-order valence-corrected chi connectivity index (χ1v) is 12.4. The number of Topliss-reactive ketones (excluding diaryl/α,β-unsaturated/α-hetero) is 1. The van der Waals surface area contributed by atoms with Crippen LogP contribution >= 0.6 is 0 Å². The van der Waals surface area contributed by atoms with E-state index in [-0.39, 0.29) is 11.3 Å². The van der Waals surface area contributed by atoms with Gasteiger partial charge in [0, 0.05) is 12.1 Å². The van der Waals surface area contributed by atoms with Gasteiger partial charge in [-0.25, -0.2) is 0 Å². The van der Waals surface area contributed by atoms with Gasteiger partial charge in [0.15, 0.2) is 0 Å². The number of ether oxygens (including phenoxy) is 2. The number of carbonyl (C=O) groups excluding carboxylic acids is 2. The predicted octanol–water partition coefficient (Wildman–Crippen LogP) is 5.70. The van der Waals surface area contributed by atoms with Gasteiger partial charge in [-0.1, -0.05) is 74.2 Å². The lowest BCUT2D eigenvalue weighted by Gasteiger charge is -2.25. The summed E-state index contributed by atoms with van der Waals surface area (Å²) in [7, 11) is 0. The SMILES string of the molecule is C=CCOc1ccc(C2C(=C(O)c3cccc(OCCC)c3)C(=O)C(=O)N2CCc2ccccc2)cc1. The highest BCUT2D eigenvalue weighted by atomic mass is 16.5. The molecule has 190 valence electrons. The van der Waals surface area contributed by atoms with Crippen LogP contribution in [-0.4, -0.2) is 41.5 Å². The molecule has 1 heterocycles. The van der Waals surface area contributed by atoms with Crippen molar-refractivity contribution < 1.29 is 24.2 Å². The fourth-order valence-electron chi connectivity index (χ4n) is 4.36. The van der Waals surface area contributed by atoms with Crippen LogP contribution in [0.5, 0.6) is 11.5 Å². The van der Waals surface area contributed by atoms with E-state index in [1.165, 1.54) is 4.90 Å². The van der Waals surface area contributed by atoms with Crippen molar-refractivity contribution in [2.75, 3.05) is 19.8 Å². The summed E-state index contributed by atoms with van der Waals surface area (Å²) in [5, 5.41) is 11.4. The fraction of sp³-hybridized carbons (Fsp3) is 0.226. The molecule has 1 fully saturated rings. The minimum absolute atomic E-state index is 0.0606. The van der Waals surface area contributed by atoms with Crippen molar-refractivity contribution in [3.05, 3.63) is 114 Å². The molecule has 1 aliphatic rings. The summed E-state index contributed by atoms with van der Waals surface area (Å²) in [4.78, 5) is 28.1. The second-order valence-corrected chi connectivity index (χ2v) is 8.77. The van der Waals surface area contributed by atoms with Gasteiger partial charge in [-0.2, -0.15) is 0 Å². The molecule has 0 aromatic heterocycles. The molecule has 6 heteroatoms. The van der Waals surface area contributed by atoms with E-state index < -0.39 is 17.7 Å². The summed E-state index contributed by atoms with van der Waals surface area (Å²) in [6, 6.07) is 23.2. The van der Waals surface area contributed by atoms with E-state index in [0.717, 1.165) is 12.0 Å². The third-order valence-corrected chi connectivity index (χ3v) is 6.17. The number of hydrogen-bond acceptors (Lipinski definition) is 5. The standard InChI is InChI=1S/C31H31NO5/c1-3-19-36-25-15-13-23(14-16-25)28-27(29(33)24-11-8-12-26(21-24)37-20-4-2)30(34)31(35)32(28)18-17-22-9-6-5-7-10-22/h3,5-16,21,28,33H,1,4,17-20H2,2H3. The van der Waals surface area contributed by atoms with E-state index in [2.05, 4.69) is 6.58 Å². The van der Waals surface area contributed by atoms with Gasteiger partial charge in [-0.05, 0) is 48.2 Å².